The topological polar surface area (TPSA) is 0 Å². The van der Waals surface area contributed by atoms with Crippen LogP contribution in [0.3, 0.4) is 0 Å². The molecule has 0 nitrogen and oxygen atoms in total. The largest absolute Gasteiger partial charge is 0.0876 e. The van der Waals surface area contributed by atoms with Crippen LogP contribution in [0.15, 0.2) is 36.4 Å². The summed E-state index contributed by atoms with van der Waals surface area (Å²) in [5.74, 6) is 0. The van der Waals surface area contributed by atoms with Gasteiger partial charge in [-0.1, -0.05) is 57.9 Å². The number of hydrogen-bond acceptors (Lipinski definition) is 0. The molecular weight excluding hydrogens is 247 g/mol. The van der Waals surface area contributed by atoms with Crippen molar-refractivity contribution in [2.45, 2.75) is 5.33 Å². The molecule has 0 spiro atoms. The minimum atomic E-state index is 0.818. The Morgan fingerprint density at radius 3 is 2.77 bits per heavy atom. The Bertz CT molecular complexity index is 437. The van der Waals surface area contributed by atoms with Crippen LogP contribution < -0.4 is 0 Å². The first kappa shape index (κ1) is 9.04. The summed E-state index contributed by atoms with van der Waals surface area (Å²) in [6.07, 6.45) is 0. The zero-order valence-corrected chi connectivity index (χ0v) is 9.27. The van der Waals surface area contributed by atoms with Gasteiger partial charge in [-0.05, 0) is 17.0 Å². The number of benzene rings is 2. The predicted molar refractivity (Wildman–Crippen MR) is 61.6 cm³/mol. The second-order valence-electron chi connectivity index (χ2n) is 2.93. The van der Waals surface area contributed by atoms with Gasteiger partial charge in [0.25, 0.3) is 0 Å². The Morgan fingerprint density at radius 2 is 2.00 bits per heavy atom. The van der Waals surface area contributed by atoms with Crippen molar-refractivity contribution in [1.82, 2.24) is 0 Å². The maximum absolute atomic E-state index is 6.04. The number of fused-ring (bicyclic) bond motifs is 1. The van der Waals surface area contributed by atoms with E-state index in [2.05, 4.69) is 40.2 Å². The van der Waals surface area contributed by atoms with Gasteiger partial charge in [-0.3, -0.25) is 0 Å². The molecule has 0 aliphatic heterocycles. The van der Waals surface area contributed by atoms with E-state index in [0.29, 0.717) is 0 Å². The number of halogens is 2. The van der Waals surface area contributed by atoms with E-state index < -0.39 is 0 Å². The molecule has 2 heteroatoms. The summed E-state index contributed by atoms with van der Waals surface area (Å²) in [7, 11) is 0. The van der Waals surface area contributed by atoms with Gasteiger partial charge in [0.15, 0.2) is 0 Å². The van der Waals surface area contributed by atoms with E-state index in [4.69, 9.17) is 11.6 Å². The van der Waals surface area contributed by atoms with Crippen molar-refractivity contribution >= 4 is 38.3 Å². The first-order chi connectivity index (χ1) is 6.31. The van der Waals surface area contributed by atoms with Crippen LogP contribution in [0.2, 0.25) is 5.02 Å². The summed E-state index contributed by atoms with van der Waals surface area (Å²) >= 11 is 9.47. The molecule has 0 aromatic heterocycles. The highest BCUT2D eigenvalue weighted by atomic mass is 79.9. The van der Waals surface area contributed by atoms with Crippen molar-refractivity contribution in [3.05, 3.63) is 47.0 Å². The van der Waals surface area contributed by atoms with E-state index in [1.54, 1.807) is 0 Å². The van der Waals surface area contributed by atoms with Gasteiger partial charge in [0.1, 0.15) is 0 Å². The molecule has 66 valence electrons. The minimum Gasteiger partial charge on any atom is -0.0876 e. The zero-order chi connectivity index (χ0) is 9.26. The fourth-order valence-electron chi connectivity index (χ4n) is 1.38. The number of hydrogen-bond donors (Lipinski definition) is 0. The predicted octanol–water partition coefficient (Wildman–Crippen LogP) is 4.39. The van der Waals surface area contributed by atoms with E-state index in [9.17, 15) is 0 Å². The van der Waals surface area contributed by atoms with Gasteiger partial charge < -0.3 is 0 Å². The Balaban J connectivity index is 2.72. The lowest BCUT2D eigenvalue weighted by molar-refractivity contribution is 1.47. The third-order valence-electron chi connectivity index (χ3n) is 2.05. The van der Waals surface area contributed by atoms with Gasteiger partial charge in [0.2, 0.25) is 0 Å². The maximum atomic E-state index is 6.04. The smallest absolute Gasteiger partial charge is 0.0484 e. The van der Waals surface area contributed by atoms with Crippen molar-refractivity contribution in [3.8, 4) is 0 Å². The molecule has 0 aliphatic carbocycles. The van der Waals surface area contributed by atoms with Crippen LogP contribution in [0.5, 0.6) is 0 Å². The molecule has 0 saturated heterocycles. The van der Waals surface area contributed by atoms with Crippen LogP contribution >= 0.6 is 27.5 Å². The molecule has 0 unspecified atom stereocenters. The Morgan fingerprint density at radius 1 is 1.15 bits per heavy atom. The summed E-state index contributed by atoms with van der Waals surface area (Å²) in [6.45, 7) is 0. The lowest BCUT2D eigenvalue weighted by Gasteiger charge is -2.01. The fourth-order valence-corrected chi connectivity index (χ4v) is 1.97. The average Bonchev–Trinajstić information content (AvgIpc) is 2.18. The summed E-state index contributed by atoms with van der Waals surface area (Å²) in [6, 6.07) is 12.3. The maximum Gasteiger partial charge on any atom is 0.0484 e. The van der Waals surface area contributed by atoms with E-state index in [-0.39, 0.29) is 0 Å². The van der Waals surface area contributed by atoms with Crippen molar-refractivity contribution in [2.24, 2.45) is 0 Å². The SMILES string of the molecule is Clc1cccc2cc(CBr)ccc12. The molecule has 0 heterocycles. The summed E-state index contributed by atoms with van der Waals surface area (Å²) in [4.78, 5) is 0. The molecule has 0 fully saturated rings. The third kappa shape index (κ3) is 1.72. The minimum absolute atomic E-state index is 0.818. The normalized spacial score (nSPS) is 10.6. The molecular formula is C11H8BrCl. The molecule has 0 amide bonds. The van der Waals surface area contributed by atoms with Crippen LogP contribution in [0.1, 0.15) is 5.56 Å². The zero-order valence-electron chi connectivity index (χ0n) is 6.93. The van der Waals surface area contributed by atoms with Crippen molar-refractivity contribution in [2.75, 3.05) is 0 Å². The van der Waals surface area contributed by atoms with Crippen LogP contribution in [0, 0.1) is 0 Å². The Kier molecular flexibility index (Phi) is 2.56. The Labute approximate surface area is 90.6 Å². The highest BCUT2D eigenvalue weighted by Crippen LogP contribution is 2.24. The molecule has 2 aromatic carbocycles. The molecule has 13 heavy (non-hydrogen) atoms. The van der Waals surface area contributed by atoms with Crippen molar-refractivity contribution in [3.63, 3.8) is 0 Å². The lowest BCUT2D eigenvalue weighted by Crippen LogP contribution is -1.78. The van der Waals surface area contributed by atoms with Gasteiger partial charge >= 0.3 is 0 Å². The molecule has 0 radical (unpaired) electrons. The van der Waals surface area contributed by atoms with E-state index in [1.807, 2.05) is 12.1 Å². The second kappa shape index (κ2) is 3.69. The van der Waals surface area contributed by atoms with Crippen molar-refractivity contribution in [1.29, 1.82) is 0 Å². The first-order valence-electron chi connectivity index (χ1n) is 4.04. The van der Waals surface area contributed by atoms with Crippen LogP contribution in [-0.4, -0.2) is 0 Å². The summed E-state index contributed by atoms with van der Waals surface area (Å²) < 4.78 is 0. The number of rotatable bonds is 1. The molecule has 0 bridgehead atoms. The van der Waals surface area contributed by atoms with Gasteiger partial charge in [0, 0.05) is 15.7 Å². The summed E-state index contributed by atoms with van der Waals surface area (Å²) in [5, 5.41) is 4.02. The van der Waals surface area contributed by atoms with Crippen molar-refractivity contribution < 1.29 is 0 Å². The monoisotopic (exact) mass is 254 g/mol. The molecule has 2 rings (SSSR count). The van der Waals surface area contributed by atoms with Crippen LogP contribution in [0.25, 0.3) is 10.8 Å². The van der Waals surface area contributed by atoms with E-state index in [0.717, 1.165) is 15.7 Å². The van der Waals surface area contributed by atoms with Gasteiger partial charge in [-0.25, -0.2) is 0 Å². The first-order valence-corrected chi connectivity index (χ1v) is 5.54. The fraction of sp³-hybridized carbons (Fsp3) is 0.0909. The highest BCUT2D eigenvalue weighted by Gasteiger charge is 1.98. The standard InChI is InChI=1S/C11H8BrCl/c12-7-8-4-5-10-9(6-8)2-1-3-11(10)13/h1-6H,7H2. The Hall–Kier alpha value is -0.530. The van der Waals surface area contributed by atoms with Crippen LogP contribution in [0.4, 0.5) is 0 Å². The van der Waals surface area contributed by atoms with Gasteiger partial charge in [-0.2, -0.15) is 0 Å². The molecule has 0 aliphatic rings. The van der Waals surface area contributed by atoms with E-state index >= 15 is 0 Å². The highest BCUT2D eigenvalue weighted by molar-refractivity contribution is 9.08. The average molecular weight is 256 g/mol. The molecule has 0 saturated carbocycles. The number of alkyl halides is 1. The van der Waals surface area contributed by atoms with Crippen LogP contribution in [-0.2, 0) is 5.33 Å². The molecule has 0 atom stereocenters. The molecule has 0 N–H and O–H groups in total. The second-order valence-corrected chi connectivity index (χ2v) is 3.90. The van der Waals surface area contributed by atoms with E-state index in [1.165, 1.54) is 10.9 Å². The summed E-state index contributed by atoms with van der Waals surface area (Å²) in [5.41, 5.74) is 1.27. The van der Waals surface area contributed by atoms with Gasteiger partial charge in [-0.15, -0.1) is 0 Å². The third-order valence-corrected chi connectivity index (χ3v) is 3.02. The lowest BCUT2D eigenvalue weighted by atomic mass is 10.1. The van der Waals surface area contributed by atoms with Gasteiger partial charge in [0.05, 0.1) is 0 Å². The molecule has 2 aromatic rings. The quantitative estimate of drug-likeness (QED) is 0.663.